The monoisotopic (exact) mass is 373 g/mol. The minimum atomic E-state index is -0.697. The lowest BCUT2D eigenvalue weighted by Gasteiger charge is -2.14. The summed E-state index contributed by atoms with van der Waals surface area (Å²) in [6.07, 6.45) is -0.697. The van der Waals surface area contributed by atoms with E-state index < -0.39 is 11.9 Å². The summed E-state index contributed by atoms with van der Waals surface area (Å²) < 4.78 is 19.4. The second-order valence-electron chi connectivity index (χ2n) is 4.43. The Kier molecular flexibility index (Phi) is 5.85. The zero-order valence-corrected chi connectivity index (χ0v) is 13.4. The van der Waals surface area contributed by atoms with Gasteiger partial charge in [-0.1, -0.05) is 27.5 Å². The average Bonchev–Trinajstić information content (AvgIpc) is 2.48. The number of aliphatic hydroxyl groups is 1. The van der Waals surface area contributed by atoms with Gasteiger partial charge < -0.3 is 15.2 Å². The Labute approximate surface area is 135 Å². The largest absolute Gasteiger partial charge is 0.491 e. The van der Waals surface area contributed by atoms with E-state index in [4.69, 9.17) is 16.3 Å². The van der Waals surface area contributed by atoms with Crippen molar-refractivity contribution < 1.29 is 14.2 Å². The topological polar surface area (TPSA) is 41.5 Å². The lowest BCUT2D eigenvalue weighted by Crippen LogP contribution is -2.26. The van der Waals surface area contributed by atoms with Gasteiger partial charge in [0, 0.05) is 16.7 Å². The molecule has 0 bridgehead atoms. The van der Waals surface area contributed by atoms with Gasteiger partial charge in [0.1, 0.15) is 24.3 Å². The molecule has 0 amide bonds. The predicted octanol–water partition coefficient (Wildman–Crippen LogP) is 4.09. The molecule has 0 spiro atoms. The summed E-state index contributed by atoms with van der Waals surface area (Å²) in [4.78, 5) is 0. The van der Waals surface area contributed by atoms with E-state index in [9.17, 15) is 9.50 Å². The minimum absolute atomic E-state index is 0.0422. The van der Waals surface area contributed by atoms with E-state index in [1.807, 2.05) is 24.3 Å². The third kappa shape index (κ3) is 5.19. The maximum atomic E-state index is 13.0. The molecule has 6 heteroatoms. The van der Waals surface area contributed by atoms with Crippen molar-refractivity contribution >= 4 is 33.2 Å². The summed E-state index contributed by atoms with van der Waals surface area (Å²) in [7, 11) is 0. The quantitative estimate of drug-likeness (QED) is 0.800. The molecule has 2 aromatic rings. The van der Waals surface area contributed by atoms with Crippen LogP contribution in [-0.2, 0) is 0 Å². The molecule has 2 rings (SSSR count). The van der Waals surface area contributed by atoms with Gasteiger partial charge in [0.25, 0.3) is 0 Å². The number of rotatable bonds is 6. The van der Waals surface area contributed by atoms with Crippen molar-refractivity contribution in [3.8, 4) is 5.75 Å². The molecule has 21 heavy (non-hydrogen) atoms. The molecular formula is C15H14BrClFNO2. The van der Waals surface area contributed by atoms with Crippen LogP contribution in [0.2, 0.25) is 5.02 Å². The van der Waals surface area contributed by atoms with E-state index in [0.717, 1.165) is 4.47 Å². The number of anilines is 1. The van der Waals surface area contributed by atoms with Gasteiger partial charge in [0.2, 0.25) is 0 Å². The maximum Gasteiger partial charge on any atom is 0.141 e. The van der Waals surface area contributed by atoms with Crippen LogP contribution >= 0.6 is 27.5 Å². The van der Waals surface area contributed by atoms with Gasteiger partial charge >= 0.3 is 0 Å². The molecule has 0 aliphatic rings. The highest BCUT2D eigenvalue weighted by Gasteiger charge is 2.06. The maximum absolute atomic E-state index is 13.0. The molecule has 2 aromatic carbocycles. The molecule has 0 saturated heterocycles. The Hall–Kier alpha value is -1.30. The van der Waals surface area contributed by atoms with Gasteiger partial charge in [-0.15, -0.1) is 0 Å². The Balaban J connectivity index is 1.77. The fourth-order valence-corrected chi connectivity index (χ4v) is 2.07. The Morgan fingerprint density at radius 1 is 1.24 bits per heavy atom. The van der Waals surface area contributed by atoms with Crippen LogP contribution in [0.1, 0.15) is 0 Å². The van der Waals surface area contributed by atoms with Crippen LogP contribution in [0.5, 0.6) is 5.75 Å². The number of ether oxygens (including phenoxy) is 1. The van der Waals surface area contributed by atoms with E-state index in [-0.39, 0.29) is 18.2 Å². The normalized spacial score (nSPS) is 12.0. The number of hydrogen-bond acceptors (Lipinski definition) is 3. The van der Waals surface area contributed by atoms with Gasteiger partial charge in [-0.05, 0) is 42.5 Å². The highest BCUT2D eigenvalue weighted by molar-refractivity contribution is 9.10. The van der Waals surface area contributed by atoms with Crippen LogP contribution in [0.3, 0.4) is 0 Å². The summed E-state index contributed by atoms with van der Waals surface area (Å²) in [5, 5.41) is 12.9. The van der Waals surface area contributed by atoms with E-state index in [2.05, 4.69) is 21.2 Å². The molecule has 0 radical (unpaired) electrons. The van der Waals surface area contributed by atoms with Gasteiger partial charge in [0.05, 0.1) is 5.02 Å². The van der Waals surface area contributed by atoms with Crippen molar-refractivity contribution in [1.82, 2.24) is 0 Å². The first-order chi connectivity index (χ1) is 10.0. The fraction of sp³-hybridized carbons (Fsp3) is 0.200. The molecular weight excluding hydrogens is 361 g/mol. The van der Waals surface area contributed by atoms with Gasteiger partial charge in [-0.2, -0.15) is 0 Å². The summed E-state index contributed by atoms with van der Waals surface area (Å²) in [6, 6.07) is 11.6. The third-order valence-electron chi connectivity index (χ3n) is 2.72. The summed E-state index contributed by atoms with van der Waals surface area (Å²) in [5.74, 6) is 0.211. The van der Waals surface area contributed by atoms with Crippen molar-refractivity contribution in [2.75, 3.05) is 18.5 Å². The fourth-order valence-electron chi connectivity index (χ4n) is 1.62. The lowest BCUT2D eigenvalue weighted by molar-refractivity contribution is 0.117. The Bertz CT molecular complexity index is 595. The smallest absolute Gasteiger partial charge is 0.141 e. The number of nitrogens with one attached hydrogen (secondary N) is 1. The van der Waals surface area contributed by atoms with Gasteiger partial charge in [-0.3, -0.25) is 0 Å². The SMILES string of the molecule is OC(CNc1ccc(F)c(Cl)c1)COc1ccc(Br)cc1. The molecule has 1 atom stereocenters. The van der Waals surface area contributed by atoms with Crippen LogP contribution < -0.4 is 10.1 Å². The van der Waals surface area contributed by atoms with Crippen molar-refractivity contribution in [2.24, 2.45) is 0 Å². The number of benzene rings is 2. The molecule has 3 nitrogen and oxygen atoms in total. The van der Waals surface area contributed by atoms with Crippen molar-refractivity contribution in [2.45, 2.75) is 6.10 Å². The number of hydrogen-bond donors (Lipinski definition) is 2. The molecule has 0 aliphatic heterocycles. The second kappa shape index (κ2) is 7.64. The highest BCUT2D eigenvalue weighted by Crippen LogP contribution is 2.19. The lowest BCUT2D eigenvalue weighted by atomic mass is 10.3. The summed E-state index contributed by atoms with van der Waals surface area (Å²) in [6.45, 7) is 0.433. The number of halogens is 3. The summed E-state index contributed by atoms with van der Waals surface area (Å²) >= 11 is 9.01. The molecule has 0 aromatic heterocycles. The predicted molar refractivity (Wildman–Crippen MR) is 85.5 cm³/mol. The first-order valence-electron chi connectivity index (χ1n) is 6.30. The first kappa shape index (κ1) is 16.1. The zero-order valence-electron chi connectivity index (χ0n) is 11.0. The van der Waals surface area contributed by atoms with Crippen LogP contribution in [0.25, 0.3) is 0 Å². The standard InChI is InChI=1S/C15H14BrClFNO2/c16-10-1-4-13(5-2-10)21-9-12(20)8-19-11-3-6-15(18)14(17)7-11/h1-7,12,19-20H,8-9H2. The van der Waals surface area contributed by atoms with Crippen molar-refractivity contribution in [3.63, 3.8) is 0 Å². The molecule has 0 aliphatic carbocycles. The number of aliphatic hydroxyl groups excluding tert-OH is 1. The molecule has 0 heterocycles. The molecule has 112 valence electrons. The molecule has 0 saturated carbocycles. The van der Waals surface area contributed by atoms with Crippen LogP contribution in [0.15, 0.2) is 46.9 Å². The van der Waals surface area contributed by atoms with E-state index in [0.29, 0.717) is 11.4 Å². The van der Waals surface area contributed by atoms with Crippen LogP contribution in [0.4, 0.5) is 10.1 Å². The molecule has 1 unspecified atom stereocenters. The van der Waals surface area contributed by atoms with E-state index in [1.165, 1.54) is 12.1 Å². The summed E-state index contributed by atoms with van der Waals surface area (Å²) in [5.41, 5.74) is 0.643. The Morgan fingerprint density at radius 2 is 1.95 bits per heavy atom. The average molecular weight is 375 g/mol. The van der Waals surface area contributed by atoms with Crippen LogP contribution in [0, 0.1) is 5.82 Å². The van der Waals surface area contributed by atoms with E-state index in [1.54, 1.807) is 6.07 Å². The minimum Gasteiger partial charge on any atom is -0.491 e. The first-order valence-corrected chi connectivity index (χ1v) is 7.47. The zero-order chi connectivity index (χ0) is 15.2. The second-order valence-corrected chi connectivity index (χ2v) is 5.75. The van der Waals surface area contributed by atoms with Crippen molar-refractivity contribution in [1.29, 1.82) is 0 Å². The third-order valence-corrected chi connectivity index (χ3v) is 3.54. The molecule has 0 fully saturated rings. The van der Waals surface area contributed by atoms with E-state index >= 15 is 0 Å². The van der Waals surface area contributed by atoms with Gasteiger partial charge in [0.15, 0.2) is 0 Å². The molecule has 2 N–H and O–H groups in total. The van der Waals surface area contributed by atoms with Crippen LogP contribution in [-0.4, -0.2) is 24.4 Å². The van der Waals surface area contributed by atoms with Crippen molar-refractivity contribution in [3.05, 3.63) is 57.8 Å². The van der Waals surface area contributed by atoms with Gasteiger partial charge in [-0.25, -0.2) is 4.39 Å². The highest BCUT2D eigenvalue weighted by atomic mass is 79.9. The Morgan fingerprint density at radius 3 is 2.62 bits per heavy atom.